The summed E-state index contributed by atoms with van der Waals surface area (Å²) in [5.41, 5.74) is 3.69. The summed E-state index contributed by atoms with van der Waals surface area (Å²) in [6.07, 6.45) is 0.0858. The van der Waals surface area contributed by atoms with E-state index >= 15 is 0 Å². The van der Waals surface area contributed by atoms with E-state index in [9.17, 15) is 13.0 Å². The van der Waals surface area contributed by atoms with E-state index in [4.69, 9.17) is 9.05 Å². The molecule has 0 aliphatic carbocycles. The fourth-order valence-electron chi connectivity index (χ4n) is 4.63. The number of hydrogen-bond acceptors (Lipinski definition) is 5. The van der Waals surface area contributed by atoms with Gasteiger partial charge in [-0.2, -0.15) is 0 Å². The predicted molar refractivity (Wildman–Crippen MR) is 147 cm³/mol. The Kier molecular flexibility index (Phi) is 7.06. The summed E-state index contributed by atoms with van der Waals surface area (Å²) in [5, 5.41) is 2.29. The van der Waals surface area contributed by atoms with Crippen LogP contribution < -0.4 is 0 Å². The van der Waals surface area contributed by atoms with E-state index in [-0.39, 0.29) is 29.2 Å². The van der Waals surface area contributed by atoms with Gasteiger partial charge in [-0.1, -0.05) is 48.5 Å². The number of fused-ring (bicyclic) bond motifs is 3. The predicted octanol–water partition coefficient (Wildman–Crippen LogP) is 7.38. The van der Waals surface area contributed by atoms with E-state index in [1.165, 1.54) is 12.1 Å². The van der Waals surface area contributed by atoms with Crippen molar-refractivity contribution in [2.45, 2.75) is 29.8 Å². The van der Waals surface area contributed by atoms with Crippen LogP contribution in [-0.2, 0) is 29.6 Å². The third-order valence-electron chi connectivity index (χ3n) is 6.25. The molecule has 0 saturated carbocycles. The molecule has 0 saturated heterocycles. The van der Waals surface area contributed by atoms with Crippen LogP contribution in [0.3, 0.4) is 0 Å². The summed E-state index contributed by atoms with van der Waals surface area (Å²) in [6.45, 7) is 4.06. The molecule has 0 spiro atoms. The van der Waals surface area contributed by atoms with E-state index in [0.717, 1.165) is 27.5 Å². The molecule has 0 bridgehead atoms. The lowest BCUT2D eigenvalue weighted by atomic mass is 10.2. The Morgan fingerprint density at radius 2 is 1.14 bits per heavy atom. The summed E-state index contributed by atoms with van der Waals surface area (Å²) in [5.74, 6) is 0. The minimum absolute atomic E-state index is 0.0858. The van der Waals surface area contributed by atoms with Crippen molar-refractivity contribution in [3.63, 3.8) is 0 Å². The molecule has 0 aliphatic rings. The maximum atomic E-state index is 13.3. The number of benzene rings is 4. The Hall–Kier alpha value is -3.22. The number of hydrogen-bond donors (Lipinski definition) is 0. The molecule has 8 heteroatoms. The van der Waals surface area contributed by atoms with E-state index in [0.29, 0.717) is 5.56 Å². The molecule has 5 aromatic rings. The first-order valence-electron chi connectivity index (χ1n) is 12.2. The molecular weight excluding hydrogens is 505 g/mol. The molecule has 190 valence electrons. The number of rotatable bonds is 9. The summed E-state index contributed by atoms with van der Waals surface area (Å²) in [7, 11) is -7.00. The molecule has 6 nitrogen and oxygen atoms in total. The SMILES string of the molecule is CCOP(=O)(Cc1ccc(S(=O)(=O)c2ccc(-n3c4ccccc4c4ccccc43)cc2)cc1)OCC. The van der Waals surface area contributed by atoms with Crippen LogP contribution in [0.2, 0.25) is 0 Å². The lowest BCUT2D eigenvalue weighted by Crippen LogP contribution is -2.03. The van der Waals surface area contributed by atoms with Crippen molar-refractivity contribution in [1.82, 2.24) is 4.57 Å². The average Bonchev–Trinajstić information content (AvgIpc) is 3.24. The van der Waals surface area contributed by atoms with Crippen LogP contribution in [0, 0.1) is 0 Å². The summed E-state index contributed by atoms with van der Waals surface area (Å²) < 4.78 is 52.3. The van der Waals surface area contributed by atoms with E-state index in [1.54, 1.807) is 38.1 Å². The fourth-order valence-corrected chi connectivity index (χ4v) is 7.59. The van der Waals surface area contributed by atoms with Crippen molar-refractivity contribution in [3.05, 3.63) is 103 Å². The van der Waals surface area contributed by atoms with E-state index < -0.39 is 17.4 Å². The van der Waals surface area contributed by atoms with Gasteiger partial charge >= 0.3 is 7.60 Å². The summed E-state index contributed by atoms with van der Waals surface area (Å²) in [6, 6.07) is 29.7. The molecule has 0 radical (unpaired) electrons. The largest absolute Gasteiger partial charge is 0.335 e. The highest BCUT2D eigenvalue weighted by Crippen LogP contribution is 2.51. The van der Waals surface area contributed by atoms with Crippen molar-refractivity contribution < 1.29 is 22.0 Å². The molecule has 0 aliphatic heterocycles. The highest BCUT2D eigenvalue weighted by molar-refractivity contribution is 7.91. The molecule has 0 N–H and O–H groups in total. The number of sulfone groups is 1. The maximum absolute atomic E-state index is 13.3. The fraction of sp³-hybridized carbons (Fsp3) is 0.172. The summed E-state index contributed by atoms with van der Waals surface area (Å²) >= 11 is 0. The van der Waals surface area contributed by atoms with Gasteiger partial charge in [-0.3, -0.25) is 4.57 Å². The van der Waals surface area contributed by atoms with Crippen LogP contribution in [0.1, 0.15) is 19.4 Å². The third kappa shape index (κ3) is 4.88. The summed E-state index contributed by atoms with van der Waals surface area (Å²) in [4.78, 5) is 0.377. The van der Waals surface area contributed by atoms with Crippen LogP contribution in [0.15, 0.2) is 107 Å². The van der Waals surface area contributed by atoms with Crippen LogP contribution in [0.5, 0.6) is 0 Å². The van der Waals surface area contributed by atoms with Gasteiger partial charge in [-0.15, -0.1) is 0 Å². The average molecular weight is 534 g/mol. The maximum Gasteiger partial charge on any atom is 0.335 e. The van der Waals surface area contributed by atoms with Gasteiger partial charge in [0.25, 0.3) is 0 Å². The number of aromatic nitrogens is 1. The second-order valence-corrected chi connectivity index (χ2v) is 12.6. The Morgan fingerprint density at radius 1 is 0.676 bits per heavy atom. The van der Waals surface area contributed by atoms with Crippen LogP contribution in [0.4, 0.5) is 0 Å². The van der Waals surface area contributed by atoms with Crippen LogP contribution in [-0.4, -0.2) is 26.2 Å². The molecule has 0 amide bonds. The molecule has 0 atom stereocenters. The Labute approximate surface area is 216 Å². The molecule has 5 rings (SSSR count). The van der Waals surface area contributed by atoms with Crippen LogP contribution >= 0.6 is 7.60 Å². The molecule has 0 fully saturated rings. The molecule has 1 heterocycles. The molecule has 37 heavy (non-hydrogen) atoms. The van der Waals surface area contributed by atoms with Gasteiger partial charge in [0.15, 0.2) is 0 Å². The van der Waals surface area contributed by atoms with Crippen LogP contribution in [0.25, 0.3) is 27.5 Å². The van der Waals surface area contributed by atoms with Crippen molar-refractivity contribution in [2.75, 3.05) is 13.2 Å². The van der Waals surface area contributed by atoms with Gasteiger partial charge in [0.1, 0.15) is 0 Å². The highest BCUT2D eigenvalue weighted by Gasteiger charge is 2.25. The van der Waals surface area contributed by atoms with Gasteiger partial charge in [-0.05, 0) is 67.9 Å². The highest BCUT2D eigenvalue weighted by atomic mass is 32.2. The second-order valence-electron chi connectivity index (χ2n) is 8.62. The zero-order valence-corrected chi connectivity index (χ0v) is 22.4. The minimum atomic E-state index is -3.73. The molecule has 4 aromatic carbocycles. The van der Waals surface area contributed by atoms with Crippen molar-refractivity contribution >= 4 is 39.2 Å². The first kappa shape index (κ1) is 25.4. The van der Waals surface area contributed by atoms with E-state index in [2.05, 4.69) is 28.8 Å². The monoisotopic (exact) mass is 533 g/mol. The molecule has 1 aromatic heterocycles. The Morgan fingerprint density at radius 3 is 1.62 bits per heavy atom. The lowest BCUT2D eigenvalue weighted by Gasteiger charge is -2.17. The topological polar surface area (TPSA) is 74.6 Å². The third-order valence-corrected chi connectivity index (χ3v) is 10.1. The quantitative estimate of drug-likeness (QED) is 0.185. The normalized spacial score (nSPS) is 12.4. The minimum Gasteiger partial charge on any atom is -0.309 e. The van der Waals surface area contributed by atoms with Gasteiger partial charge in [0.05, 0.1) is 40.2 Å². The van der Waals surface area contributed by atoms with Gasteiger partial charge in [0, 0.05) is 16.5 Å². The molecule has 0 unspecified atom stereocenters. The van der Waals surface area contributed by atoms with Crippen molar-refractivity contribution in [3.8, 4) is 5.69 Å². The smallest absolute Gasteiger partial charge is 0.309 e. The number of nitrogens with zero attached hydrogens (tertiary/aromatic N) is 1. The van der Waals surface area contributed by atoms with E-state index in [1.807, 2.05) is 36.4 Å². The van der Waals surface area contributed by atoms with Crippen molar-refractivity contribution in [2.24, 2.45) is 0 Å². The Bertz CT molecular complexity index is 1640. The zero-order chi connectivity index (χ0) is 26.0. The lowest BCUT2D eigenvalue weighted by molar-refractivity contribution is 0.219. The van der Waals surface area contributed by atoms with Gasteiger partial charge in [-0.25, -0.2) is 8.42 Å². The van der Waals surface area contributed by atoms with Gasteiger partial charge in [0.2, 0.25) is 9.84 Å². The molecular formula is C29H28NO5PS. The second kappa shape index (κ2) is 10.3. The standard InChI is InChI=1S/C29H28NO5PS/c1-3-34-36(31,35-4-2)21-22-13-17-24(18-14-22)37(32,33)25-19-15-23(16-20-25)30-28-11-7-5-9-26(28)27-10-6-8-12-29(27)30/h5-20H,3-4,21H2,1-2H3. The first-order valence-corrected chi connectivity index (χ1v) is 15.4. The van der Waals surface area contributed by atoms with Crippen molar-refractivity contribution in [1.29, 1.82) is 0 Å². The first-order chi connectivity index (χ1) is 17.9. The number of para-hydroxylation sites is 2. The zero-order valence-electron chi connectivity index (χ0n) is 20.7. The Balaban J connectivity index is 1.45. The van der Waals surface area contributed by atoms with Gasteiger partial charge < -0.3 is 13.6 Å².